The zero-order chi connectivity index (χ0) is 8.44. The minimum absolute atomic E-state index is 0.156. The summed E-state index contributed by atoms with van der Waals surface area (Å²) in [7, 11) is 0. The van der Waals surface area contributed by atoms with Gasteiger partial charge in [-0.15, -0.1) is 0 Å². The van der Waals surface area contributed by atoms with Gasteiger partial charge in [-0.1, -0.05) is 13.8 Å². The Bertz CT molecular complexity index is 196. The minimum Gasteiger partial charge on any atom is -0.390 e. The summed E-state index contributed by atoms with van der Waals surface area (Å²) in [6.07, 6.45) is 0.503. The van der Waals surface area contributed by atoms with Crippen LogP contribution in [0.2, 0.25) is 0 Å². The van der Waals surface area contributed by atoms with Crippen LogP contribution in [0.25, 0.3) is 0 Å². The molecule has 11 heavy (non-hydrogen) atoms. The minimum atomic E-state index is -0.825. The summed E-state index contributed by atoms with van der Waals surface area (Å²) in [5.41, 5.74) is -0.670. The standard InChI is InChI=1S/C9H16O2/c1-8(2)5-4-6(8)9(3,11)7(5)10/h5-7,10-11H,4H2,1-3H3. The Morgan fingerprint density at radius 2 is 1.82 bits per heavy atom. The van der Waals surface area contributed by atoms with Crippen molar-refractivity contribution < 1.29 is 10.2 Å². The van der Waals surface area contributed by atoms with E-state index in [0.717, 1.165) is 6.42 Å². The van der Waals surface area contributed by atoms with Crippen LogP contribution in [0, 0.1) is 17.3 Å². The van der Waals surface area contributed by atoms with Gasteiger partial charge in [-0.2, -0.15) is 0 Å². The third-order valence-corrected chi connectivity index (χ3v) is 4.03. The van der Waals surface area contributed by atoms with Gasteiger partial charge in [-0.05, 0) is 30.6 Å². The topological polar surface area (TPSA) is 40.5 Å². The fourth-order valence-corrected chi connectivity index (χ4v) is 3.10. The first kappa shape index (κ1) is 7.56. The van der Waals surface area contributed by atoms with Crippen molar-refractivity contribution in [1.29, 1.82) is 0 Å². The molecule has 3 aliphatic rings. The number of hydrogen-bond acceptors (Lipinski definition) is 2. The molecule has 0 spiro atoms. The molecule has 2 N–H and O–H groups in total. The van der Waals surface area contributed by atoms with Crippen LogP contribution >= 0.6 is 0 Å². The molecule has 3 aliphatic carbocycles. The summed E-state index contributed by atoms with van der Waals surface area (Å²) < 4.78 is 0. The molecule has 4 atom stereocenters. The van der Waals surface area contributed by atoms with Crippen molar-refractivity contribution in [2.75, 3.05) is 0 Å². The number of aliphatic hydroxyl groups excluding tert-OH is 1. The third-order valence-electron chi connectivity index (χ3n) is 4.03. The Labute approximate surface area is 67.2 Å². The second-order valence-electron chi connectivity index (χ2n) is 4.89. The first-order valence-corrected chi connectivity index (χ1v) is 4.29. The number of rotatable bonds is 0. The normalized spacial score (nSPS) is 59.2. The molecule has 0 aromatic rings. The van der Waals surface area contributed by atoms with E-state index in [1.165, 1.54) is 0 Å². The maximum absolute atomic E-state index is 9.86. The van der Waals surface area contributed by atoms with Gasteiger partial charge in [0.1, 0.15) is 0 Å². The fraction of sp³-hybridized carbons (Fsp3) is 1.00. The van der Waals surface area contributed by atoms with E-state index in [0.29, 0.717) is 11.8 Å². The zero-order valence-corrected chi connectivity index (χ0v) is 7.33. The van der Waals surface area contributed by atoms with Gasteiger partial charge in [0.2, 0.25) is 0 Å². The summed E-state index contributed by atoms with van der Waals surface area (Å²) in [5, 5.41) is 19.5. The average molecular weight is 156 g/mol. The molecular weight excluding hydrogens is 140 g/mol. The largest absolute Gasteiger partial charge is 0.390 e. The molecule has 0 aliphatic heterocycles. The molecule has 0 aromatic heterocycles. The van der Waals surface area contributed by atoms with E-state index in [9.17, 15) is 10.2 Å². The van der Waals surface area contributed by atoms with Crippen LogP contribution in [0.15, 0.2) is 0 Å². The molecule has 64 valence electrons. The summed E-state index contributed by atoms with van der Waals surface area (Å²) in [4.78, 5) is 0. The van der Waals surface area contributed by atoms with Gasteiger partial charge in [0.25, 0.3) is 0 Å². The zero-order valence-electron chi connectivity index (χ0n) is 7.33. The maximum Gasteiger partial charge on any atom is 0.0913 e. The van der Waals surface area contributed by atoms with Gasteiger partial charge in [-0.3, -0.25) is 0 Å². The quantitative estimate of drug-likeness (QED) is 0.544. The van der Waals surface area contributed by atoms with E-state index in [2.05, 4.69) is 13.8 Å². The first-order chi connectivity index (χ1) is 4.88. The van der Waals surface area contributed by atoms with Crippen molar-refractivity contribution in [1.82, 2.24) is 0 Å². The van der Waals surface area contributed by atoms with Crippen LogP contribution in [0.1, 0.15) is 27.2 Å². The highest BCUT2D eigenvalue weighted by Crippen LogP contribution is 2.65. The van der Waals surface area contributed by atoms with E-state index < -0.39 is 11.7 Å². The second-order valence-corrected chi connectivity index (χ2v) is 4.89. The smallest absolute Gasteiger partial charge is 0.0913 e. The summed E-state index contributed by atoms with van der Waals surface area (Å²) in [6.45, 7) is 6.03. The molecule has 4 unspecified atom stereocenters. The molecule has 0 saturated heterocycles. The summed E-state index contributed by atoms with van der Waals surface area (Å²) >= 11 is 0. The van der Waals surface area contributed by atoms with E-state index in [-0.39, 0.29) is 5.41 Å². The van der Waals surface area contributed by atoms with Gasteiger partial charge in [0, 0.05) is 0 Å². The lowest BCUT2D eigenvalue weighted by Crippen LogP contribution is -2.42. The highest BCUT2D eigenvalue weighted by atomic mass is 16.3. The van der Waals surface area contributed by atoms with Crippen LogP contribution in [0.5, 0.6) is 0 Å². The van der Waals surface area contributed by atoms with E-state index in [1.807, 2.05) is 0 Å². The molecular formula is C9H16O2. The maximum atomic E-state index is 9.86. The predicted molar refractivity (Wildman–Crippen MR) is 42.0 cm³/mol. The third kappa shape index (κ3) is 0.611. The van der Waals surface area contributed by atoms with Crippen LogP contribution in [-0.4, -0.2) is 21.9 Å². The summed E-state index contributed by atoms with van der Waals surface area (Å²) in [5.74, 6) is 0.623. The number of fused-ring (bicyclic) bond motifs is 1. The highest BCUT2D eigenvalue weighted by molar-refractivity contribution is 5.18. The van der Waals surface area contributed by atoms with Gasteiger partial charge in [-0.25, -0.2) is 0 Å². The Morgan fingerprint density at radius 1 is 1.27 bits per heavy atom. The molecule has 3 rings (SSSR count). The van der Waals surface area contributed by atoms with E-state index in [1.54, 1.807) is 6.92 Å². The average Bonchev–Trinajstić information content (AvgIpc) is 2.12. The van der Waals surface area contributed by atoms with Crippen molar-refractivity contribution in [3.63, 3.8) is 0 Å². The van der Waals surface area contributed by atoms with Crippen LogP contribution in [0.4, 0.5) is 0 Å². The lowest BCUT2D eigenvalue weighted by Gasteiger charge is -2.45. The van der Waals surface area contributed by atoms with Crippen molar-refractivity contribution >= 4 is 0 Å². The lowest BCUT2D eigenvalue weighted by atomic mass is 9.59. The SMILES string of the molecule is CC1(C)C2CC1C(C)(O)C2O. The van der Waals surface area contributed by atoms with Gasteiger partial charge < -0.3 is 10.2 Å². The molecule has 2 heteroatoms. The number of aliphatic hydroxyl groups is 2. The van der Waals surface area contributed by atoms with E-state index in [4.69, 9.17) is 0 Å². The van der Waals surface area contributed by atoms with Crippen LogP contribution in [-0.2, 0) is 0 Å². The van der Waals surface area contributed by atoms with Crippen molar-refractivity contribution in [3.8, 4) is 0 Å². The Morgan fingerprint density at radius 3 is 1.91 bits per heavy atom. The van der Waals surface area contributed by atoms with Crippen LogP contribution in [0.3, 0.4) is 0 Å². The first-order valence-electron chi connectivity index (χ1n) is 4.29. The molecule has 2 nitrogen and oxygen atoms in total. The Hall–Kier alpha value is -0.0800. The summed E-state index contributed by atoms with van der Waals surface area (Å²) in [6, 6.07) is 0. The van der Waals surface area contributed by atoms with Gasteiger partial charge in [0.15, 0.2) is 0 Å². The van der Waals surface area contributed by atoms with E-state index >= 15 is 0 Å². The molecule has 3 fully saturated rings. The Kier molecular flexibility index (Phi) is 1.13. The fourth-order valence-electron chi connectivity index (χ4n) is 3.10. The van der Waals surface area contributed by atoms with Crippen LogP contribution < -0.4 is 0 Å². The molecule has 0 radical (unpaired) electrons. The van der Waals surface area contributed by atoms with Gasteiger partial charge in [0.05, 0.1) is 11.7 Å². The molecule has 2 bridgehead atoms. The molecule has 0 aromatic carbocycles. The van der Waals surface area contributed by atoms with Crippen molar-refractivity contribution in [2.45, 2.75) is 38.9 Å². The molecule has 0 heterocycles. The molecule has 0 amide bonds. The second kappa shape index (κ2) is 1.64. The lowest BCUT2D eigenvalue weighted by molar-refractivity contribution is -0.0581. The van der Waals surface area contributed by atoms with Gasteiger partial charge >= 0.3 is 0 Å². The monoisotopic (exact) mass is 156 g/mol. The van der Waals surface area contributed by atoms with Crippen molar-refractivity contribution in [2.24, 2.45) is 17.3 Å². The predicted octanol–water partition coefficient (Wildman–Crippen LogP) is 0.774. The Balaban J connectivity index is 2.35. The highest BCUT2D eigenvalue weighted by Gasteiger charge is 2.69. The number of hydrogen-bond donors (Lipinski definition) is 2. The van der Waals surface area contributed by atoms with Crippen molar-refractivity contribution in [3.05, 3.63) is 0 Å². The molecule has 3 saturated carbocycles.